The molecule has 0 radical (unpaired) electrons. The van der Waals surface area contributed by atoms with E-state index < -0.39 is 10.0 Å². The van der Waals surface area contributed by atoms with E-state index in [-0.39, 0.29) is 4.90 Å². The standard InChI is InChI=1S/C14H10ClNO2S/c1-9-7-13-11(8-12(9)15)14(16-19(13,17)18)10-5-3-2-4-6-10/h2-8H,1H3. The van der Waals surface area contributed by atoms with Gasteiger partial charge in [0.25, 0.3) is 10.0 Å². The van der Waals surface area contributed by atoms with Crippen LogP contribution in [-0.2, 0) is 10.0 Å². The highest BCUT2D eigenvalue weighted by Gasteiger charge is 2.30. The quantitative estimate of drug-likeness (QED) is 0.810. The molecule has 0 spiro atoms. The molecule has 0 amide bonds. The summed E-state index contributed by atoms with van der Waals surface area (Å²) in [5.41, 5.74) is 2.53. The normalized spacial score (nSPS) is 16.0. The molecule has 0 bridgehead atoms. The largest absolute Gasteiger partial charge is 0.283 e. The summed E-state index contributed by atoms with van der Waals surface area (Å²) in [4.78, 5) is 0.230. The molecule has 3 nitrogen and oxygen atoms in total. The van der Waals surface area contributed by atoms with Crippen molar-refractivity contribution >= 4 is 27.3 Å². The van der Waals surface area contributed by atoms with Crippen LogP contribution in [-0.4, -0.2) is 14.1 Å². The smallest absolute Gasteiger partial charge is 0.199 e. The SMILES string of the molecule is Cc1cc2c(cc1Cl)C(c1ccccc1)=NS2(=O)=O. The summed E-state index contributed by atoms with van der Waals surface area (Å²) in [6.07, 6.45) is 0. The first-order valence-corrected chi connectivity index (χ1v) is 7.52. The Kier molecular flexibility index (Phi) is 2.73. The molecule has 0 fully saturated rings. The number of hydrogen-bond donors (Lipinski definition) is 0. The number of fused-ring (bicyclic) bond motifs is 1. The van der Waals surface area contributed by atoms with Crippen molar-refractivity contribution in [3.8, 4) is 0 Å². The van der Waals surface area contributed by atoms with E-state index >= 15 is 0 Å². The van der Waals surface area contributed by atoms with Gasteiger partial charge in [0.1, 0.15) is 0 Å². The molecule has 0 aliphatic carbocycles. The Morgan fingerprint density at radius 1 is 1.11 bits per heavy atom. The van der Waals surface area contributed by atoms with Crippen LogP contribution >= 0.6 is 11.6 Å². The van der Waals surface area contributed by atoms with E-state index in [1.165, 1.54) is 0 Å². The number of aryl methyl sites for hydroxylation is 1. The zero-order chi connectivity index (χ0) is 13.6. The van der Waals surface area contributed by atoms with Crippen molar-refractivity contribution < 1.29 is 8.42 Å². The zero-order valence-electron chi connectivity index (χ0n) is 10.1. The minimum Gasteiger partial charge on any atom is -0.199 e. The van der Waals surface area contributed by atoms with Crippen LogP contribution in [0.15, 0.2) is 51.8 Å². The first-order chi connectivity index (χ1) is 8.99. The molecule has 96 valence electrons. The molecule has 2 aromatic rings. The van der Waals surface area contributed by atoms with Gasteiger partial charge in [0.05, 0.1) is 10.6 Å². The van der Waals surface area contributed by atoms with Crippen LogP contribution < -0.4 is 0 Å². The van der Waals surface area contributed by atoms with Crippen LogP contribution in [0, 0.1) is 6.92 Å². The van der Waals surface area contributed by atoms with Crippen LogP contribution in [0.4, 0.5) is 0 Å². The molecule has 0 atom stereocenters. The van der Waals surface area contributed by atoms with Gasteiger partial charge in [0.15, 0.2) is 0 Å². The second kappa shape index (κ2) is 4.18. The average molecular weight is 292 g/mol. The lowest BCUT2D eigenvalue weighted by molar-refractivity contribution is 0.599. The van der Waals surface area contributed by atoms with Gasteiger partial charge in [-0.2, -0.15) is 12.8 Å². The highest BCUT2D eigenvalue weighted by atomic mass is 35.5. The number of benzene rings is 2. The molecule has 0 unspecified atom stereocenters. The number of hydrogen-bond acceptors (Lipinski definition) is 2. The van der Waals surface area contributed by atoms with Crippen molar-refractivity contribution in [1.29, 1.82) is 0 Å². The zero-order valence-corrected chi connectivity index (χ0v) is 11.7. The van der Waals surface area contributed by atoms with E-state index in [0.717, 1.165) is 11.1 Å². The number of halogens is 1. The van der Waals surface area contributed by atoms with Crippen molar-refractivity contribution in [1.82, 2.24) is 0 Å². The van der Waals surface area contributed by atoms with Crippen molar-refractivity contribution in [2.75, 3.05) is 0 Å². The van der Waals surface area contributed by atoms with E-state index in [2.05, 4.69) is 4.40 Å². The topological polar surface area (TPSA) is 46.5 Å². The third kappa shape index (κ3) is 1.97. The average Bonchev–Trinajstić information content (AvgIpc) is 2.64. The molecule has 0 saturated carbocycles. The Bertz CT molecular complexity index is 796. The predicted molar refractivity (Wildman–Crippen MR) is 75.5 cm³/mol. The fraction of sp³-hybridized carbons (Fsp3) is 0.0714. The first kappa shape index (κ1) is 12.4. The van der Waals surface area contributed by atoms with E-state index in [9.17, 15) is 8.42 Å². The molecule has 19 heavy (non-hydrogen) atoms. The number of rotatable bonds is 1. The number of sulfonamides is 1. The van der Waals surface area contributed by atoms with Gasteiger partial charge in [-0.05, 0) is 24.6 Å². The summed E-state index contributed by atoms with van der Waals surface area (Å²) in [6.45, 7) is 1.78. The monoisotopic (exact) mass is 291 g/mol. The minimum atomic E-state index is -3.61. The third-order valence-corrected chi connectivity index (χ3v) is 4.78. The van der Waals surface area contributed by atoms with Gasteiger partial charge in [0.2, 0.25) is 0 Å². The Morgan fingerprint density at radius 2 is 1.79 bits per heavy atom. The van der Waals surface area contributed by atoms with Gasteiger partial charge in [-0.1, -0.05) is 41.9 Å². The van der Waals surface area contributed by atoms with Crippen LogP contribution in [0.25, 0.3) is 0 Å². The summed E-state index contributed by atoms with van der Waals surface area (Å²) in [6, 6.07) is 12.5. The van der Waals surface area contributed by atoms with Gasteiger partial charge in [0, 0.05) is 16.1 Å². The fourth-order valence-corrected chi connectivity index (χ4v) is 3.54. The predicted octanol–water partition coefficient (Wildman–Crippen LogP) is 3.19. The Hall–Kier alpha value is -1.65. The van der Waals surface area contributed by atoms with Gasteiger partial charge >= 0.3 is 0 Å². The van der Waals surface area contributed by atoms with Gasteiger partial charge in [-0.25, -0.2) is 0 Å². The highest BCUT2D eigenvalue weighted by molar-refractivity contribution is 7.90. The van der Waals surface area contributed by atoms with Crippen molar-refractivity contribution in [3.05, 3.63) is 64.2 Å². The lowest BCUT2D eigenvalue weighted by atomic mass is 10.0. The van der Waals surface area contributed by atoms with Crippen molar-refractivity contribution in [2.45, 2.75) is 11.8 Å². The van der Waals surface area contributed by atoms with Crippen LogP contribution in [0.1, 0.15) is 16.7 Å². The Morgan fingerprint density at radius 3 is 2.47 bits per heavy atom. The molecule has 5 heteroatoms. The highest BCUT2D eigenvalue weighted by Crippen LogP contribution is 2.33. The van der Waals surface area contributed by atoms with E-state index in [4.69, 9.17) is 11.6 Å². The summed E-state index contributed by atoms with van der Waals surface area (Å²) >= 11 is 6.09. The molecule has 0 aromatic heterocycles. The van der Waals surface area contributed by atoms with Crippen molar-refractivity contribution in [2.24, 2.45) is 4.40 Å². The Balaban J connectivity index is 2.30. The molecular formula is C14H10ClNO2S. The lowest BCUT2D eigenvalue weighted by Gasteiger charge is -2.05. The van der Waals surface area contributed by atoms with Crippen LogP contribution in [0.2, 0.25) is 5.02 Å². The van der Waals surface area contributed by atoms with E-state index in [1.807, 2.05) is 30.3 Å². The maximum absolute atomic E-state index is 12.1. The molecular weight excluding hydrogens is 282 g/mol. The summed E-state index contributed by atoms with van der Waals surface area (Å²) in [7, 11) is -3.61. The fourth-order valence-electron chi connectivity index (χ4n) is 2.08. The van der Waals surface area contributed by atoms with E-state index in [1.54, 1.807) is 19.1 Å². The maximum atomic E-state index is 12.1. The second-order valence-electron chi connectivity index (χ2n) is 4.38. The summed E-state index contributed by atoms with van der Waals surface area (Å²) < 4.78 is 28.0. The van der Waals surface area contributed by atoms with Crippen molar-refractivity contribution in [3.63, 3.8) is 0 Å². The summed E-state index contributed by atoms with van der Waals surface area (Å²) in [5.74, 6) is 0. The van der Waals surface area contributed by atoms with E-state index in [0.29, 0.717) is 16.3 Å². The van der Waals surface area contributed by atoms with Crippen LogP contribution in [0.5, 0.6) is 0 Å². The second-order valence-corrected chi connectivity index (χ2v) is 6.36. The van der Waals surface area contributed by atoms with Gasteiger partial charge < -0.3 is 0 Å². The molecule has 3 rings (SSSR count). The Labute approximate surface area is 116 Å². The molecule has 1 aliphatic heterocycles. The molecule has 0 N–H and O–H groups in total. The molecule has 0 saturated heterocycles. The van der Waals surface area contributed by atoms with Gasteiger partial charge in [-0.15, -0.1) is 0 Å². The van der Waals surface area contributed by atoms with Gasteiger partial charge in [-0.3, -0.25) is 0 Å². The first-order valence-electron chi connectivity index (χ1n) is 5.70. The summed E-state index contributed by atoms with van der Waals surface area (Å²) in [5, 5.41) is 0.541. The number of nitrogens with zero attached hydrogens (tertiary/aromatic N) is 1. The van der Waals surface area contributed by atoms with Crippen LogP contribution in [0.3, 0.4) is 0 Å². The molecule has 2 aromatic carbocycles. The lowest BCUT2D eigenvalue weighted by Crippen LogP contribution is -2.00. The molecule has 1 aliphatic rings. The molecule has 1 heterocycles. The maximum Gasteiger partial charge on any atom is 0.283 e. The minimum absolute atomic E-state index is 0.230. The third-order valence-electron chi connectivity index (χ3n) is 3.05.